The normalized spacial score (nSPS) is 21.3. The van der Waals surface area contributed by atoms with Crippen LogP contribution in [0.15, 0.2) is 121 Å². The lowest BCUT2D eigenvalue weighted by Gasteiger charge is -2.45. The van der Waals surface area contributed by atoms with Crippen molar-refractivity contribution in [3.05, 3.63) is 144 Å². The number of ether oxygens (including phenoxy) is 5. The summed E-state index contributed by atoms with van der Waals surface area (Å²) in [4.78, 5) is 25.7. The summed E-state index contributed by atoms with van der Waals surface area (Å²) < 4.78 is 31.7. The molecule has 8 nitrogen and oxygen atoms in total. The second kappa shape index (κ2) is 15.9. The van der Waals surface area contributed by atoms with E-state index in [0.717, 1.165) is 16.7 Å². The Balaban J connectivity index is 1.45. The van der Waals surface area contributed by atoms with Gasteiger partial charge in [-0.2, -0.15) is 0 Å². The van der Waals surface area contributed by atoms with Crippen molar-refractivity contribution in [2.45, 2.75) is 57.4 Å². The zero-order chi connectivity index (χ0) is 30.6. The second-order valence-electron chi connectivity index (χ2n) is 10.6. The third-order valence-corrected chi connectivity index (χ3v) is 7.20. The van der Waals surface area contributed by atoms with Crippen molar-refractivity contribution < 1.29 is 33.3 Å². The van der Waals surface area contributed by atoms with Crippen LogP contribution in [0.1, 0.15) is 34.0 Å². The number of nitrogens with one attached hydrogen (secondary N) is 1. The Labute approximate surface area is 257 Å². The highest BCUT2D eigenvalue weighted by molar-refractivity contribution is 5.89. The molecule has 4 aromatic carbocycles. The molecule has 0 aromatic heterocycles. The molecule has 1 fully saturated rings. The Bertz CT molecular complexity index is 1440. The number of carbonyl (C=O) groups excluding carboxylic acids is 2. The first kappa shape index (κ1) is 31.1. The van der Waals surface area contributed by atoms with E-state index in [2.05, 4.69) is 5.32 Å². The van der Waals surface area contributed by atoms with Crippen LogP contribution in [0.2, 0.25) is 0 Å². The number of amides is 1. The van der Waals surface area contributed by atoms with Gasteiger partial charge in [-0.05, 0) is 28.8 Å². The lowest BCUT2D eigenvalue weighted by Crippen LogP contribution is -2.65. The van der Waals surface area contributed by atoms with Crippen molar-refractivity contribution in [1.82, 2.24) is 5.32 Å². The van der Waals surface area contributed by atoms with E-state index in [9.17, 15) is 9.59 Å². The quantitative estimate of drug-likeness (QED) is 0.205. The number of carbonyl (C=O) groups is 2. The van der Waals surface area contributed by atoms with E-state index in [0.29, 0.717) is 12.2 Å². The molecule has 5 atom stereocenters. The Kier molecular flexibility index (Phi) is 11.3. The Hall–Kier alpha value is -4.34. The van der Waals surface area contributed by atoms with Gasteiger partial charge in [0.1, 0.15) is 18.3 Å². The summed E-state index contributed by atoms with van der Waals surface area (Å²) >= 11 is 0. The molecule has 0 saturated carbocycles. The van der Waals surface area contributed by atoms with E-state index in [1.54, 1.807) is 24.3 Å². The molecule has 0 unspecified atom stereocenters. The third kappa shape index (κ3) is 8.84. The molecular weight excluding hydrogens is 558 g/mol. The molecule has 4 aromatic rings. The largest absolute Gasteiger partial charge is 0.451 e. The summed E-state index contributed by atoms with van der Waals surface area (Å²) in [5.74, 6) is -0.909. The van der Waals surface area contributed by atoms with Gasteiger partial charge < -0.3 is 29.0 Å². The summed E-state index contributed by atoms with van der Waals surface area (Å²) in [5, 5.41) is 2.82. The summed E-state index contributed by atoms with van der Waals surface area (Å²) in [6.07, 6.45) is -4.23. The van der Waals surface area contributed by atoms with Gasteiger partial charge in [0.2, 0.25) is 5.91 Å². The zero-order valence-electron chi connectivity index (χ0n) is 24.6. The van der Waals surface area contributed by atoms with Crippen molar-refractivity contribution >= 4 is 11.9 Å². The van der Waals surface area contributed by atoms with Crippen LogP contribution in [-0.4, -0.2) is 49.1 Å². The SMILES string of the molecule is CC(=O)N[C@@H]1O[C@H](COCc2ccccc2)[C@H](OCc2ccccc2)[C@H](OCc2ccccc2)[C@H]1OC(=O)c1ccccc1. The van der Waals surface area contributed by atoms with Gasteiger partial charge in [-0.1, -0.05) is 109 Å². The summed E-state index contributed by atoms with van der Waals surface area (Å²) in [5.41, 5.74) is 3.27. The molecular formula is C36H37NO7. The van der Waals surface area contributed by atoms with Crippen molar-refractivity contribution in [2.75, 3.05) is 6.61 Å². The first-order valence-electron chi connectivity index (χ1n) is 14.7. The van der Waals surface area contributed by atoms with Crippen LogP contribution in [0.25, 0.3) is 0 Å². The highest BCUT2D eigenvalue weighted by atomic mass is 16.6. The molecule has 5 rings (SSSR count). The number of rotatable bonds is 13. The molecule has 0 radical (unpaired) electrons. The molecule has 0 spiro atoms. The van der Waals surface area contributed by atoms with Crippen molar-refractivity contribution in [3.8, 4) is 0 Å². The van der Waals surface area contributed by atoms with Gasteiger partial charge in [0.05, 0.1) is 32.0 Å². The fourth-order valence-electron chi connectivity index (χ4n) is 5.05. The van der Waals surface area contributed by atoms with Gasteiger partial charge in [0.15, 0.2) is 12.3 Å². The zero-order valence-corrected chi connectivity index (χ0v) is 24.6. The van der Waals surface area contributed by atoms with Crippen LogP contribution in [0.5, 0.6) is 0 Å². The maximum atomic E-state index is 13.3. The van der Waals surface area contributed by atoms with E-state index >= 15 is 0 Å². The molecule has 1 aliphatic rings. The van der Waals surface area contributed by atoms with E-state index in [1.807, 2.05) is 97.1 Å². The average Bonchev–Trinajstić information content (AvgIpc) is 3.06. The standard InChI is InChI=1S/C36H37NO7/c1-26(38)37-35-34(44-36(39)30-20-12-5-13-21-30)33(42-24-29-18-10-4-11-19-29)32(41-23-28-16-8-3-9-17-28)31(43-35)25-40-22-27-14-6-2-7-15-27/h2-21,31-35H,22-25H2,1H3,(H,37,38)/t31-,32+,33+,34-,35-/m1/s1. The van der Waals surface area contributed by atoms with E-state index in [-0.39, 0.29) is 25.7 Å². The maximum absolute atomic E-state index is 13.3. The van der Waals surface area contributed by atoms with Crippen molar-refractivity contribution in [3.63, 3.8) is 0 Å². The minimum absolute atomic E-state index is 0.148. The predicted octanol–water partition coefficient (Wildman–Crippen LogP) is 5.46. The molecule has 1 aliphatic heterocycles. The van der Waals surface area contributed by atoms with Crippen LogP contribution in [0, 0.1) is 0 Å². The highest BCUT2D eigenvalue weighted by Gasteiger charge is 2.50. The highest BCUT2D eigenvalue weighted by Crippen LogP contribution is 2.30. The molecule has 1 N–H and O–H groups in total. The van der Waals surface area contributed by atoms with Crippen LogP contribution < -0.4 is 5.32 Å². The van der Waals surface area contributed by atoms with Gasteiger partial charge in [0.25, 0.3) is 0 Å². The molecule has 0 bridgehead atoms. The van der Waals surface area contributed by atoms with Gasteiger partial charge >= 0.3 is 5.97 Å². The van der Waals surface area contributed by atoms with Crippen LogP contribution in [0.3, 0.4) is 0 Å². The Morgan fingerprint density at radius 1 is 0.636 bits per heavy atom. The molecule has 0 aliphatic carbocycles. The van der Waals surface area contributed by atoms with Crippen molar-refractivity contribution in [2.24, 2.45) is 0 Å². The molecule has 1 heterocycles. The minimum atomic E-state index is -1.03. The van der Waals surface area contributed by atoms with E-state index < -0.39 is 36.6 Å². The predicted molar refractivity (Wildman–Crippen MR) is 164 cm³/mol. The van der Waals surface area contributed by atoms with Crippen molar-refractivity contribution in [1.29, 1.82) is 0 Å². The lowest BCUT2D eigenvalue weighted by atomic mass is 9.96. The smallest absolute Gasteiger partial charge is 0.338 e. The summed E-state index contributed by atoms with van der Waals surface area (Å²) in [7, 11) is 0. The first-order valence-corrected chi connectivity index (χ1v) is 14.7. The first-order chi connectivity index (χ1) is 21.6. The topological polar surface area (TPSA) is 92.3 Å². The van der Waals surface area contributed by atoms with E-state index in [4.69, 9.17) is 23.7 Å². The van der Waals surface area contributed by atoms with Crippen LogP contribution in [-0.2, 0) is 48.3 Å². The monoisotopic (exact) mass is 595 g/mol. The molecule has 1 saturated heterocycles. The summed E-state index contributed by atoms with van der Waals surface area (Å²) in [6, 6.07) is 38.0. The fraction of sp³-hybridized carbons (Fsp3) is 0.278. The molecule has 44 heavy (non-hydrogen) atoms. The minimum Gasteiger partial charge on any atom is -0.451 e. The molecule has 228 valence electrons. The molecule has 8 heteroatoms. The fourth-order valence-corrected chi connectivity index (χ4v) is 5.05. The Morgan fingerprint density at radius 2 is 1.11 bits per heavy atom. The third-order valence-electron chi connectivity index (χ3n) is 7.20. The van der Waals surface area contributed by atoms with Gasteiger partial charge in [-0.25, -0.2) is 4.79 Å². The number of hydrogen-bond acceptors (Lipinski definition) is 7. The van der Waals surface area contributed by atoms with Gasteiger partial charge in [-0.3, -0.25) is 4.79 Å². The van der Waals surface area contributed by atoms with Gasteiger partial charge in [0, 0.05) is 6.92 Å². The van der Waals surface area contributed by atoms with Crippen LogP contribution >= 0.6 is 0 Å². The van der Waals surface area contributed by atoms with Gasteiger partial charge in [-0.15, -0.1) is 0 Å². The number of hydrogen-bond donors (Lipinski definition) is 1. The van der Waals surface area contributed by atoms with Crippen LogP contribution in [0.4, 0.5) is 0 Å². The Morgan fingerprint density at radius 3 is 1.64 bits per heavy atom. The lowest BCUT2D eigenvalue weighted by molar-refractivity contribution is -0.265. The number of benzene rings is 4. The average molecular weight is 596 g/mol. The van der Waals surface area contributed by atoms with E-state index in [1.165, 1.54) is 6.92 Å². The molecule has 1 amide bonds. The summed E-state index contributed by atoms with van der Waals surface area (Å²) in [6.45, 7) is 2.38. The number of esters is 1. The second-order valence-corrected chi connectivity index (χ2v) is 10.6. The maximum Gasteiger partial charge on any atom is 0.338 e.